The number of hydrogen-bond acceptors (Lipinski definition) is 4. The molecule has 0 saturated carbocycles. The van der Waals surface area contributed by atoms with Gasteiger partial charge in [-0.25, -0.2) is 9.97 Å². The van der Waals surface area contributed by atoms with Crippen LogP contribution in [0.1, 0.15) is 24.1 Å². The number of aromatic nitrogens is 2. The molecule has 1 unspecified atom stereocenters. The Morgan fingerprint density at radius 3 is 3.12 bits per heavy atom. The Hall–Kier alpha value is -1.16. The second kappa shape index (κ2) is 4.01. The number of fused-ring (bicyclic) bond motifs is 1. The SMILES string of the molecule is CNC1CCN(c2ncnc3c2CCC3)C1. The lowest BCUT2D eigenvalue weighted by Gasteiger charge is -2.19. The van der Waals surface area contributed by atoms with Crippen LogP contribution in [0.3, 0.4) is 0 Å². The zero-order valence-electron chi connectivity index (χ0n) is 9.74. The van der Waals surface area contributed by atoms with E-state index in [9.17, 15) is 0 Å². The van der Waals surface area contributed by atoms with E-state index in [0.717, 1.165) is 25.9 Å². The van der Waals surface area contributed by atoms with Gasteiger partial charge in [-0.1, -0.05) is 0 Å². The highest BCUT2D eigenvalue weighted by atomic mass is 15.2. The molecule has 1 saturated heterocycles. The molecule has 2 aliphatic rings. The highest BCUT2D eigenvalue weighted by molar-refractivity contribution is 5.51. The molecule has 0 bridgehead atoms. The number of nitrogens with one attached hydrogen (secondary N) is 1. The minimum Gasteiger partial charge on any atom is -0.355 e. The van der Waals surface area contributed by atoms with Crippen LogP contribution < -0.4 is 10.2 Å². The van der Waals surface area contributed by atoms with Crippen LogP contribution in [0.25, 0.3) is 0 Å². The van der Waals surface area contributed by atoms with Gasteiger partial charge in [-0.05, 0) is 32.7 Å². The second-order valence-electron chi connectivity index (χ2n) is 4.70. The summed E-state index contributed by atoms with van der Waals surface area (Å²) < 4.78 is 0. The van der Waals surface area contributed by atoms with E-state index in [1.165, 1.54) is 29.9 Å². The standard InChI is InChI=1S/C12H18N4/c1-13-9-5-6-16(7-9)12-10-3-2-4-11(10)14-8-15-12/h8-9,13H,2-7H2,1H3. The van der Waals surface area contributed by atoms with E-state index in [1.807, 2.05) is 7.05 Å². The lowest BCUT2D eigenvalue weighted by atomic mass is 10.2. The Bertz CT molecular complexity index is 391. The largest absolute Gasteiger partial charge is 0.355 e. The summed E-state index contributed by atoms with van der Waals surface area (Å²) in [6.45, 7) is 2.20. The van der Waals surface area contributed by atoms with Gasteiger partial charge in [-0.3, -0.25) is 0 Å². The van der Waals surface area contributed by atoms with E-state index in [4.69, 9.17) is 0 Å². The number of anilines is 1. The minimum atomic E-state index is 0.618. The fourth-order valence-corrected chi connectivity index (χ4v) is 2.80. The van der Waals surface area contributed by atoms with Crippen molar-refractivity contribution < 1.29 is 0 Å². The number of hydrogen-bond donors (Lipinski definition) is 1. The molecule has 4 nitrogen and oxygen atoms in total. The summed E-state index contributed by atoms with van der Waals surface area (Å²) in [6.07, 6.45) is 6.48. The molecule has 1 aliphatic heterocycles. The van der Waals surface area contributed by atoms with Gasteiger partial charge in [0, 0.05) is 30.4 Å². The summed E-state index contributed by atoms with van der Waals surface area (Å²) in [5, 5.41) is 3.35. The van der Waals surface area contributed by atoms with Gasteiger partial charge in [0.25, 0.3) is 0 Å². The van der Waals surface area contributed by atoms with Crippen molar-refractivity contribution in [3.63, 3.8) is 0 Å². The van der Waals surface area contributed by atoms with Crippen molar-refractivity contribution in [1.82, 2.24) is 15.3 Å². The molecule has 86 valence electrons. The molecular weight excluding hydrogens is 200 g/mol. The second-order valence-corrected chi connectivity index (χ2v) is 4.70. The van der Waals surface area contributed by atoms with E-state index < -0.39 is 0 Å². The predicted molar refractivity (Wildman–Crippen MR) is 63.7 cm³/mol. The van der Waals surface area contributed by atoms with Gasteiger partial charge in [-0.2, -0.15) is 0 Å². The number of aryl methyl sites for hydroxylation is 1. The first-order valence-corrected chi connectivity index (χ1v) is 6.13. The molecule has 1 aliphatic carbocycles. The van der Waals surface area contributed by atoms with E-state index in [0.29, 0.717) is 6.04 Å². The third-order valence-electron chi connectivity index (χ3n) is 3.75. The summed E-state index contributed by atoms with van der Waals surface area (Å²) in [6, 6.07) is 0.618. The number of nitrogens with zero attached hydrogens (tertiary/aromatic N) is 3. The topological polar surface area (TPSA) is 41.0 Å². The average Bonchev–Trinajstić information content (AvgIpc) is 2.97. The normalized spacial score (nSPS) is 23.8. The van der Waals surface area contributed by atoms with Gasteiger partial charge in [0.2, 0.25) is 0 Å². The molecule has 1 aromatic heterocycles. The van der Waals surface area contributed by atoms with E-state index in [2.05, 4.69) is 20.2 Å². The summed E-state index contributed by atoms with van der Waals surface area (Å²) in [5.74, 6) is 1.19. The van der Waals surface area contributed by atoms with E-state index in [1.54, 1.807) is 6.33 Å². The maximum absolute atomic E-state index is 4.49. The van der Waals surface area contributed by atoms with Crippen LogP contribution in [-0.2, 0) is 12.8 Å². The number of rotatable bonds is 2. The summed E-state index contributed by atoms with van der Waals surface area (Å²) in [7, 11) is 2.04. The highest BCUT2D eigenvalue weighted by Crippen LogP contribution is 2.29. The lowest BCUT2D eigenvalue weighted by Crippen LogP contribution is -2.30. The Kier molecular flexibility index (Phi) is 2.52. The lowest BCUT2D eigenvalue weighted by molar-refractivity contribution is 0.616. The molecular formula is C12H18N4. The molecule has 1 N–H and O–H groups in total. The Morgan fingerprint density at radius 1 is 1.38 bits per heavy atom. The van der Waals surface area contributed by atoms with Crippen molar-refractivity contribution in [1.29, 1.82) is 0 Å². The Balaban J connectivity index is 1.87. The van der Waals surface area contributed by atoms with Gasteiger partial charge in [0.1, 0.15) is 12.1 Å². The van der Waals surface area contributed by atoms with Crippen LogP contribution in [0.15, 0.2) is 6.33 Å². The summed E-state index contributed by atoms with van der Waals surface area (Å²) in [4.78, 5) is 11.3. The molecule has 0 aromatic carbocycles. The van der Waals surface area contributed by atoms with Crippen molar-refractivity contribution in [3.05, 3.63) is 17.6 Å². The van der Waals surface area contributed by atoms with Crippen molar-refractivity contribution in [2.45, 2.75) is 31.7 Å². The number of likely N-dealkylation sites (N-methyl/N-ethyl adjacent to an activating group) is 1. The zero-order valence-corrected chi connectivity index (χ0v) is 9.74. The first kappa shape index (κ1) is 10.0. The maximum atomic E-state index is 4.49. The fraction of sp³-hybridized carbons (Fsp3) is 0.667. The van der Waals surface area contributed by atoms with Gasteiger partial charge in [-0.15, -0.1) is 0 Å². The monoisotopic (exact) mass is 218 g/mol. The maximum Gasteiger partial charge on any atom is 0.135 e. The quantitative estimate of drug-likeness (QED) is 0.796. The smallest absolute Gasteiger partial charge is 0.135 e. The van der Waals surface area contributed by atoms with Crippen LogP contribution >= 0.6 is 0 Å². The molecule has 1 atom stereocenters. The van der Waals surface area contributed by atoms with Crippen LogP contribution in [0.4, 0.5) is 5.82 Å². The van der Waals surface area contributed by atoms with E-state index in [-0.39, 0.29) is 0 Å². The minimum absolute atomic E-state index is 0.618. The average molecular weight is 218 g/mol. The fourth-order valence-electron chi connectivity index (χ4n) is 2.80. The van der Waals surface area contributed by atoms with Crippen molar-refractivity contribution in [2.75, 3.05) is 25.0 Å². The van der Waals surface area contributed by atoms with Crippen LogP contribution in [-0.4, -0.2) is 36.1 Å². The summed E-state index contributed by atoms with van der Waals surface area (Å²) in [5.41, 5.74) is 2.68. The Morgan fingerprint density at radius 2 is 2.31 bits per heavy atom. The molecule has 0 amide bonds. The van der Waals surface area contributed by atoms with Crippen molar-refractivity contribution >= 4 is 5.82 Å². The first-order chi connectivity index (χ1) is 7.88. The van der Waals surface area contributed by atoms with Gasteiger partial charge in [0.05, 0.1) is 0 Å². The van der Waals surface area contributed by atoms with Gasteiger partial charge >= 0.3 is 0 Å². The predicted octanol–water partition coefficient (Wildman–Crippen LogP) is 0.763. The molecule has 4 heteroatoms. The molecule has 16 heavy (non-hydrogen) atoms. The molecule has 3 rings (SSSR count). The van der Waals surface area contributed by atoms with Gasteiger partial charge < -0.3 is 10.2 Å². The first-order valence-electron chi connectivity index (χ1n) is 6.13. The van der Waals surface area contributed by atoms with Crippen LogP contribution in [0.2, 0.25) is 0 Å². The molecule has 2 heterocycles. The summed E-state index contributed by atoms with van der Waals surface area (Å²) >= 11 is 0. The van der Waals surface area contributed by atoms with E-state index >= 15 is 0 Å². The van der Waals surface area contributed by atoms with Crippen molar-refractivity contribution in [2.24, 2.45) is 0 Å². The van der Waals surface area contributed by atoms with Crippen molar-refractivity contribution in [3.8, 4) is 0 Å². The molecule has 0 spiro atoms. The molecule has 1 fully saturated rings. The zero-order chi connectivity index (χ0) is 11.0. The van der Waals surface area contributed by atoms with Gasteiger partial charge in [0.15, 0.2) is 0 Å². The van der Waals surface area contributed by atoms with Crippen LogP contribution in [0, 0.1) is 0 Å². The molecule has 1 aromatic rings. The third kappa shape index (κ3) is 1.57. The third-order valence-corrected chi connectivity index (χ3v) is 3.75. The Labute approximate surface area is 96.1 Å². The van der Waals surface area contributed by atoms with Crippen LogP contribution in [0.5, 0.6) is 0 Å². The molecule has 0 radical (unpaired) electrons. The highest BCUT2D eigenvalue weighted by Gasteiger charge is 2.26.